The Bertz CT molecular complexity index is 188. The maximum absolute atomic E-state index is 10.7. The summed E-state index contributed by atoms with van der Waals surface area (Å²) in [6.45, 7) is 6.57. The van der Waals surface area contributed by atoms with Crippen LogP contribution in [0.1, 0.15) is 13.8 Å². The number of halogens is 1. The molecule has 0 aromatic rings. The van der Waals surface area contributed by atoms with Gasteiger partial charge >= 0.3 is 0 Å². The first kappa shape index (κ1) is 14.7. The monoisotopic (exact) mass is 215 g/mol. The molecule has 0 aromatic heterocycles. The fraction of sp³-hybridized carbons (Fsp3) is 1.00. The molecule has 0 radical (unpaired) electrons. The molecule has 0 spiro atoms. The number of hydrogen-bond donors (Lipinski definition) is 0. The lowest BCUT2D eigenvalue weighted by Gasteiger charge is -2.16. The molecule has 0 aliphatic carbocycles. The first-order valence-corrected chi connectivity index (χ1v) is 5.95. The maximum atomic E-state index is 10.7. The van der Waals surface area contributed by atoms with E-state index in [4.69, 9.17) is 0 Å². The van der Waals surface area contributed by atoms with E-state index in [9.17, 15) is 8.42 Å². The summed E-state index contributed by atoms with van der Waals surface area (Å²) < 4.78 is 21.5. The Morgan fingerprint density at radius 3 is 1.83 bits per heavy atom. The first-order valence-electron chi connectivity index (χ1n) is 3.89. The average Bonchev–Trinajstić information content (AvgIpc) is 1.88. The predicted molar refractivity (Wildman–Crippen MR) is 54.7 cm³/mol. The van der Waals surface area contributed by atoms with E-state index in [-0.39, 0.29) is 18.2 Å². The molecule has 0 atom stereocenters. The second-order valence-corrected chi connectivity index (χ2v) is 4.92. The van der Waals surface area contributed by atoms with Gasteiger partial charge in [0, 0.05) is 12.8 Å². The molecule has 0 N–H and O–H groups in total. The van der Waals surface area contributed by atoms with Gasteiger partial charge in [0.05, 0.1) is 5.75 Å². The Morgan fingerprint density at radius 1 is 1.17 bits per heavy atom. The highest BCUT2D eigenvalue weighted by Crippen LogP contribution is 1.89. The Morgan fingerprint density at radius 2 is 1.58 bits per heavy atom. The molecule has 12 heavy (non-hydrogen) atoms. The van der Waals surface area contributed by atoms with Crippen molar-refractivity contribution in [3.63, 3.8) is 0 Å². The fourth-order valence-corrected chi connectivity index (χ4v) is 1.42. The minimum atomic E-state index is -2.78. The topological polar surface area (TPSA) is 37.4 Å². The highest BCUT2D eigenvalue weighted by Gasteiger charge is 2.04. The molecule has 0 aromatic carbocycles. The Balaban J connectivity index is 0. The third-order valence-electron chi connectivity index (χ3n) is 1.67. The van der Waals surface area contributed by atoms with Crippen LogP contribution in [0.3, 0.4) is 0 Å². The summed E-state index contributed by atoms with van der Waals surface area (Å²) in [6, 6.07) is 0. The number of hydrogen-bond acceptors (Lipinski definition) is 3. The molecular formula is C7H18ClNO2S. The van der Waals surface area contributed by atoms with Crippen molar-refractivity contribution in [2.75, 3.05) is 31.6 Å². The van der Waals surface area contributed by atoms with Crippen LogP contribution in [0.15, 0.2) is 0 Å². The zero-order valence-corrected chi connectivity index (χ0v) is 9.54. The van der Waals surface area contributed by atoms with Crippen molar-refractivity contribution >= 4 is 22.2 Å². The van der Waals surface area contributed by atoms with Crippen LogP contribution in [0.5, 0.6) is 0 Å². The Hall–Kier alpha value is 0.200. The smallest absolute Gasteiger partial charge is 0.148 e. The minimum absolute atomic E-state index is 0. The predicted octanol–water partition coefficient (Wildman–Crippen LogP) is 0.795. The van der Waals surface area contributed by atoms with Crippen LogP contribution in [0.25, 0.3) is 0 Å². The van der Waals surface area contributed by atoms with Crippen LogP contribution in [0, 0.1) is 0 Å². The maximum Gasteiger partial charge on any atom is 0.148 e. The van der Waals surface area contributed by atoms with E-state index in [2.05, 4.69) is 4.90 Å². The lowest BCUT2D eigenvalue weighted by molar-refractivity contribution is 0.322. The molecule has 0 amide bonds. The third-order valence-corrected chi connectivity index (χ3v) is 2.60. The zero-order valence-electron chi connectivity index (χ0n) is 7.91. The summed E-state index contributed by atoms with van der Waals surface area (Å²) in [4.78, 5) is 2.10. The summed E-state index contributed by atoms with van der Waals surface area (Å²) in [5.74, 6) is 0.272. The average molecular weight is 216 g/mol. The molecule has 0 saturated heterocycles. The van der Waals surface area contributed by atoms with Gasteiger partial charge in [0.25, 0.3) is 0 Å². The summed E-state index contributed by atoms with van der Waals surface area (Å²) in [6.07, 6.45) is 1.27. The van der Waals surface area contributed by atoms with Crippen molar-refractivity contribution in [1.82, 2.24) is 4.90 Å². The van der Waals surface area contributed by atoms with Crippen LogP contribution in [0.4, 0.5) is 0 Å². The summed E-state index contributed by atoms with van der Waals surface area (Å²) in [7, 11) is -2.78. The standard InChI is InChI=1S/C7H17NO2S.ClH/c1-4-8(5-2)6-7-11(3,9)10;/h4-7H2,1-3H3;1H. The van der Waals surface area contributed by atoms with Crippen LogP contribution >= 0.6 is 12.4 Å². The van der Waals surface area contributed by atoms with Crippen molar-refractivity contribution in [1.29, 1.82) is 0 Å². The molecule has 76 valence electrons. The van der Waals surface area contributed by atoms with Gasteiger partial charge in [0.15, 0.2) is 0 Å². The van der Waals surface area contributed by atoms with Crippen molar-refractivity contribution in [2.24, 2.45) is 0 Å². The fourth-order valence-electron chi connectivity index (χ4n) is 0.835. The molecule has 0 fully saturated rings. The lowest BCUT2D eigenvalue weighted by atomic mass is 10.5. The molecule has 0 aliphatic rings. The van der Waals surface area contributed by atoms with E-state index < -0.39 is 9.84 Å². The largest absolute Gasteiger partial charge is 0.303 e. The van der Waals surface area contributed by atoms with Crippen LogP contribution in [0.2, 0.25) is 0 Å². The molecule has 0 bridgehead atoms. The highest BCUT2D eigenvalue weighted by molar-refractivity contribution is 7.90. The quantitative estimate of drug-likeness (QED) is 0.681. The SMILES string of the molecule is CCN(CC)CCS(C)(=O)=O.Cl. The second kappa shape index (κ2) is 6.69. The van der Waals surface area contributed by atoms with E-state index >= 15 is 0 Å². The second-order valence-electron chi connectivity index (χ2n) is 2.66. The lowest BCUT2D eigenvalue weighted by Crippen LogP contribution is -2.28. The van der Waals surface area contributed by atoms with E-state index in [0.717, 1.165) is 13.1 Å². The summed E-state index contributed by atoms with van der Waals surface area (Å²) in [5, 5.41) is 0. The molecule has 0 saturated carbocycles. The van der Waals surface area contributed by atoms with Gasteiger partial charge in [0.2, 0.25) is 0 Å². The normalized spacial score (nSPS) is 11.3. The van der Waals surface area contributed by atoms with E-state index in [1.807, 2.05) is 13.8 Å². The molecule has 0 aliphatic heterocycles. The third kappa shape index (κ3) is 8.30. The zero-order chi connectivity index (χ0) is 8.91. The van der Waals surface area contributed by atoms with Gasteiger partial charge in [-0.1, -0.05) is 13.8 Å². The van der Waals surface area contributed by atoms with Gasteiger partial charge < -0.3 is 4.90 Å². The van der Waals surface area contributed by atoms with Gasteiger partial charge in [-0.25, -0.2) is 8.42 Å². The van der Waals surface area contributed by atoms with Crippen LogP contribution in [-0.2, 0) is 9.84 Å². The molecule has 5 heteroatoms. The number of nitrogens with zero attached hydrogens (tertiary/aromatic N) is 1. The van der Waals surface area contributed by atoms with Crippen molar-refractivity contribution in [2.45, 2.75) is 13.8 Å². The number of sulfone groups is 1. The van der Waals surface area contributed by atoms with Crippen LogP contribution in [-0.4, -0.2) is 45.0 Å². The summed E-state index contributed by atoms with van der Waals surface area (Å²) >= 11 is 0. The summed E-state index contributed by atoms with van der Waals surface area (Å²) in [5.41, 5.74) is 0. The van der Waals surface area contributed by atoms with E-state index in [1.54, 1.807) is 0 Å². The van der Waals surface area contributed by atoms with E-state index in [1.165, 1.54) is 6.26 Å². The van der Waals surface area contributed by atoms with Crippen molar-refractivity contribution < 1.29 is 8.42 Å². The van der Waals surface area contributed by atoms with Gasteiger partial charge in [-0.15, -0.1) is 12.4 Å². The van der Waals surface area contributed by atoms with Crippen molar-refractivity contribution in [3.05, 3.63) is 0 Å². The van der Waals surface area contributed by atoms with Gasteiger partial charge in [-0.05, 0) is 13.1 Å². The molecule has 3 nitrogen and oxygen atoms in total. The van der Waals surface area contributed by atoms with E-state index in [0.29, 0.717) is 6.54 Å². The van der Waals surface area contributed by atoms with Gasteiger partial charge in [-0.3, -0.25) is 0 Å². The van der Waals surface area contributed by atoms with Gasteiger partial charge in [0.1, 0.15) is 9.84 Å². The molecule has 0 heterocycles. The first-order chi connectivity index (χ1) is 4.99. The van der Waals surface area contributed by atoms with Gasteiger partial charge in [-0.2, -0.15) is 0 Å². The number of rotatable bonds is 5. The molecular weight excluding hydrogens is 198 g/mol. The molecule has 0 rings (SSSR count). The van der Waals surface area contributed by atoms with Crippen molar-refractivity contribution in [3.8, 4) is 0 Å². The minimum Gasteiger partial charge on any atom is -0.303 e. The Kier molecular flexibility index (Phi) is 8.20. The molecule has 0 unspecified atom stereocenters. The highest BCUT2D eigenvalue weighted by atomic mass is 35.5. The van der Waals surface area contributed by atoms with Crippen LogP contribution < -0.4 is 0 Å². The Labute approximate surface area is 81.5 Å².